The van der Waals surface area contributed by atoms with Crippen molar-refractivity contribution in [2.24, 2.45) is 11.3 Å². The lowest BCUT2D eigenvalue weighted by molar-refractivity contribution is -0.249. The molecule has 1 rings (SSSR count). The fraction of sp³-hybridized carbons (Fsp3) is 0.889. The molecule has 1 atom stereocenters. The number of rotatable bonds is 3. The van der Waals surface area contributed by atoms with Crippen LogP contribution in [0.25, 0.3) is 0 Å². The lowest BCUT2D eigenvalue weighted by Crippen LogP contribution is -2.65. The Morgan fingerprint density at radius 2 is 2.00 bits per heavy atom. The molecule has 0 aliphatic carbocycles. The molecule has 0 spiro atoms. The molecule has 0 bridgehead atoms. The van der Waals surface area contributed by atoms with Gasteiger partial charge in [0.25, 0.3) is 0 Å². The van der Waals surface area contributed by atoms with Crippen molar-refractivity contribution in [3.05, 3.63) is 0 Å². The van der Waals surface area contributed by atoms with Gasteiger partial charge in [0.15, 0.2) is 0 Å². The standard InChI is InChI=1S/C9H16O4/c1-6(2)8(3,7(10)11)9(12)4-13-5-9/h6,12H,4-5H2,1-3H3,(H,10,11). The van der Waals surface area contributed by atoms with Crippen LogP contribution in [0.3, 0.4) is 0 Å². The molecular weight excluding hydrogens is 172 g/mol. The van der Waals surface area contributed by atoms with Gasteiger partial charge in [0.05, 0.1) is 13.2 Å². The van der Waals surface area contributed by atoms with Gasteiger partial charge in [-0.15, -0.1) is 0 Å². The highest BCUT2D eigenvalue weighted by molar-refractivity contribution is 5.76. The van der Waals surface area contributed by atoms with Crippen LogP contribution >= 0.6 is 0 Å². The first kappa shape index (κ1) is 10.5. The molecule has 1 heterocycles. The molecular formula is C9H16O4. The number of carboxylic acids is 1. The van der Waals surface area contributed by atoms with Crippen molar-refractivity contribution in [3.8, 4) is 0 Å². The maximum absolute atomic E-state index is 11.1. The van der Waals surface area contributed by atoms with Crippen LogP contribution in [0.1, 0.15) is 20.8 Å². The molecule has 4 nitrogen and oxygen atoms in total. The molecule has 0 aromatic rings. The van der Waals surface area contributed by atoms with Crippen molar-refractivity contribution in [3.63, 3.8) is 0 Å². The van der Waals surface area contributed by atoms with Crippen molar-refractivity contribution in [2.75, 3.05) is 13.2 Å². The zero-order chi connectivity index (χ0) is 10.3. The van der Waals surface area contributed by atoms with Crippen molar-refractivity contribution in [1.29, 1.82) is 0 Å². The minimum atomic E-state index is -1.20. The Balaban J connectivity index is 2.97. The molecule has 13 heavy (non-hydrogen) atoms. The minimum Gasteiger partial charge on any atom is -0.481 e. The van der Waals surface area contributed by atoms with E-state index in [1.54, 1.807) is 20.8 Å². The Labute approximate surface area is 77.5 Å². The zero-order valence-electron chi connectivity index (χ0n) is 8.20. The summed E-state index contributed by atoms with van der Waals surface area (Å²) in [6.45, 7) is 5.40. The van der Waals surface area contributed by atoms with E-state index in [1.165, 1.54) is 0 Å². The number of hydrogen-bond donors (Lipinski definition) is 2. The van der Waals surface area contributed by atoms with Crippen molar-refractivity contribution >= 4 is 5.97 Å². The lowest BCUT2D eigenvalue weighted by Gasteiger charge is -2.49. The molecule has 1 fully saturated rings. The second-order valence-corrected chi connectivity index (χ2v) is 4.19. The summed E-state index contributed by atoms with van der Waals surface area (Å²) >= 11 is 0. The van der Waals surface area contributed by atoms with Gasteiger partial charge in [-0.3, -0.25) is 4.79 Å². The molecule has 4 heteroatoms. The Morgan fingerprint density at radius 3 is 2.08 bits per heavy atom. The van der Waals surface area contributed by atoms with Gasteiger partial charge in [0, 0.05) is 0 Å². The molecule has 0 aromatic heterocycles. The van der Waals surface area contributed by atoms with Crippen molar-refractivity contribution < 1.29 is 19.7 Å². The highest BCUT2D eigenvalue weighted by Gasteiger charge is 2.58. The van der Waals surface area contributed by atoms with Crippen LogP contribution in [-0.4, -0.2) is 35.0 Å². The summed E-state index contributed by atoms with van der Waals surface area (Å²) in [7, 11) is 0. The summed E-state index contributed by atoms with van der Waals surface area (Å²) in [5, 5.41) is 19.1. The predicted octanol–water partition coefficient (Wildman–Crippen LogP) is 0.495. The van der Waals surface area contributed by atoms with Gasteiger partial charge in [0.2, 0.25) is 0 Å². The van der Waals surface area contributed by atoms with Gasteiger partial charge >= 0.3 is 5.97 Å². The maximum Gasteiger partial charge on any atom is 0.312 e. The normalized spacial score (nSPS) is 25.0. The molecule has 76 valence electrons. The highest BCUT2D eigenvalue weighted by atomic mass is 16.5. The predicted molar refractivity (Wildman–Crippen MR) is 46.3 cm³/mol. The molecule has 1 saturated heterocycles. The zero-order valence-corrected chi connectivity index (χ0v) is 8.20. The third kappa shape index (κ3) is 1.25. The van der Waals surface area contributed by atoms with Crippen molar-refractivity contribution in [2.45, 2.75) is 26.4 Å². The van der Waals surface area contributed by atoms with Crippen LogP contribution in [0.5, 0.6) is 0 Å². The molecule has 1 unspecified atom stereocenters. The Bertz CT molecular complexity index is 220. The van der Waals surface area contributed by atoms with Gasteiger partial charge in [0.1, 0.15) is 11.0 Å². The van der Waals surface area contributed by atoms with E-state index in [1.807, 2.05) is 0 Å². The summed E-state index contributed by atoms with van der Waals surface area (Å²) in [5.41, 5.74) is -2.32. The van der Waals surface area contributed by atoms with Gasteiger partial charge in [-0.2, -0.15) is 0 Å². The molecule has 0 radical (unpaired) electrons. The number of aliphatic carboxylic acids is 1. The third-order valence-electron chi connectivity index (χ3n) is 3.25. The van der Waals surface area contributed by atoms with Gasteiger partial charge < -0.3 is 14.9 Å². The number of hydrogen-bond acceptors (Lipinski definition) is 3. The fourth-order valence-corrected chi connectivity index (χ4v) is 1.58. The first-order chi connectivity index (χ1) is 5.84. The van der Waals surface area contributed by atoms with Gasteiger partial charge in [-0.1, -0.05) is 13.8 Å². The van der Waals surface area contributed by atoms with Crippen molar-refractivity contribution in [1.82, 2.24) is 0 Å². The topological polar surface area (TPSA) is 66.8 Å². The minimum absolute atomic E-state index is 0.119. The molecule has 1 aliphatic rings. The molecule has 0 aromatic carbocycles. The van der Waals surface area contributed by atoms with Crippen LogP contribution in [0, 0.1) is 11.3 Å². The lowest BCUT2D eigenvalue weighted by atomic mass is 9.65. The van der Waals surface area contributed by atoms with E-state index in [4.69, 9.17) is 9.84 Å². The number of aliphatic hydroxyl groups is 1. The van der Waals surface area contributed by atoms with Gasteiger partial charge in [-0.25, -0.2) is 0 Å². The second-order valence-electron chi connectivity index (χ2n) is 4.19. The maximum atomic E-state index is 11.1. The molecule has 0 amide bonds. The van der Waals surface area contributed by atoms with Crippen LogP contribution in [0.4, 0.5) is 0 Å². The van der Waals surface area contributed by atoms with Crippen LogP contribution in [-0.2, 0) is 9.53 Å². The Hall–Kier alpha value is -0.610. The SMILES string of the molecule is CC(C)C(C)(C(=O)O)C1(O)COC1. The third-order valence-corrected chi connectivity index (χ3v) is 3.25. The molecule has 2 N–H and O–H groups in total. The average Bonchev–Trinajstić information content (AvgIpc) is 1.97. The van der Waals surface area contributed by atoms with E-state index in [2.05, 4.69) is 0 Å². The average molecular weight is 188 g/mol. The van der Waals surface area contributed by atoms with E-state index in [0.29, 0.717) is 0 Å². The first-order valence-corrected chi connectivity index (χ1v) is 4.38. The summed E-state index contributed by atoms with van der Waals surface area (Å²) in [5.74, 6) is -1.09. The quantitative estimate of drug-likeness (QED) is 0.676. The number of carboxylic acid groups (broad SMARTS) is 1. The largest absolute Gasteiger partial charge is 0.481 e. The van der Waals surface area contributed by atoms with Crippen LogP contribution in [0.15, 0.2) is 0 Å². The van der Waals surface area contributed by atoms with E-state index < -0.39 is 17.0 Å². The van der Waals surface area contributed by atoms with Crippen LogP contribution < -0.4 is 0 Å². The summed E-state index contributed by atoms with van der Waals surface area (Å²) in [4.78, 5) is 11.1. The smallest absolute Gasteiger partial charge is 0.312 e. The Kier molecular flexibility index (Phi) is 2.38. The second kappa shape index (κ2) is 2.96. The van der Waals surface area contributed by atoms with E-state index in [9.17, 15) is 9.90 Å². The number of carbonyl (C=O) groups is 1. The highest BCUT2D eigenvalue weighted by Crippen LogP contribution is 2.43. The summed E-state index contributed by atoms with van der Waals surface area (Å²) in [6.07, 6.45) is 0. The van der Waals surface area contributed by atoms with Gasteiger partial charge in [-0.05, 0) is 12.8 Å². The monoisotopic (exact) mass is 188 g/mol. The Morgan fingerprint density at radius 1 is 1.54 bits per heavy atom. The molecule has 1 aliphatic heterocycles. The molecule has 0 saturated carbocycles. The number of ether oxygens (including phenoxy) is 1. The first-order valence-electron chi connectivity index (χ1n) is 4.38. The summed E-state index contributed by atoms with van der Waals surface area (Å²) < 4.78 is 4.87. The van der Waals surface area contributed by atoms with E-state index in [-0.39, 0.29) is 19.1 Å². The summed E-state index contributed by atoms with van der Waals surface area (Å²) in [6, 6.07) is 0. The van der Waals surface area contributed by atoms with Crippen LogP contribution in [0.2, 0.25) is 0 Å². The van der Waals surface area contributed by atoms with E-state index >= 15 is 0 Å². The fourth-order valence-electron chi connectivity index (χ4n) is 1.58. The van der Waals surface area contributed by atoms with E-state index in [0.717, 1.165) is 0 Å².